The largest absolute Gasteiger partial charge is 0.344 e. The molecule has 0 saturated heterocycles. The van der Waals surface area contributed by atoms with E-state index in [1.165, 1.54) is 19.6 Å². The van der Waals surface area contributed by atoms with E-state index >= 15 is 0 Å². The van der Waals surface area contributed by atoms with Crippen LogP contribution in [0.4, 0.5) is 0 Å². The van der Waals surface area contributed by atoms with Gasteiger partial charge < -0.3 is 5.32 Å². The van der Waals surface area contributed by atoms with Gasteiger partial charge in [-0.1, -0.05) is 169 Å². The summed E-state index contributed by atoms with van der Waals surface area (Å²) in [7, 11) is 0. The Morgan fingerprint density at radius 2 is 1.13 bits per heavy atom. The van der Waals surface area contributed by atoms with E-state index in [4.69, 9.17) is 20.0 Å². The molecule has 256 valence electrons. The van der Waals surface area contributed by atoms with Gasteiger partial charge >= 0.3 is 0 Å². The number of para-hydroxylation sites is 1. The van der Waals surface area contributed by atoms with Gasteiger partial charge in [0.05, 0.1) is 11.2 Å². The smallest absolute Gasteiger partial charge is 0.161 e. The van der Waals surface area contributed by atoms with Crippen molar-refractivity contribution < 1.29 is 0 Å². The summed E-state index contributed by atoms with van der Waals surface area (Å²) in [5.74, 6) is 2.12. The first-order valence-corrected chi connectivity index (χ1v) is 19.5. The molecule has 1 N–H and O–H groups in total. The molecule has 2 aliphatic rings. The molecule has 0 radical (unpaired) electrons. The van der Waals surface area contributed by atoms with Gasteiger partial charge in [-0.15, -0.1) is 0 Å². The van der Waals surface area contributed by atoms with Crippen molar-refractivity contribution in [1.29, 1.82) is 0 Å². The van der Waals surface area contributed by atoms with E-state index < -0.39 is 6.17 Å². The maximum atomic E-state index is 5.38. The monoisotopic (exact) mass is 729 g/mol. The highest BCUT2D eigenvalue weighted by molar-refractivity contribution is 8.05. The van der Waals surface area contributed by atoms with Crippen LogP contribution in [-0.4, -0.2) is 21.6 Å². The van der Waals surface area contributed by atoms with Gasteiger partial charge in [-0.05, 0) is 47.0 Å². The van der Waals surface area contributed by atoms with Crippen molar-refractivity contribution in [2.24, 2.45) is 9.98 Å². The van der Waals surface area contributed by atoms with Gasteiger partial charge in [-0.2, -0.15) is 0 Å². The standard InChI is InChI=1S/C47H31N5S2/c1-4-15-30(16-5-1)42-36-21-10-11-23-38(36)48-47(49-42)37-29-33(27-28-34(37)35-22-14-26-41-43(35)54-40-25-13-12-24-39(40)53-41)46-51-44(31-17-6-2-7-18-31)50-45(52-46)32-19-8-3-9-20-32/h1-29,46H,(H,50,51,52). The van der Waals surface area contributed by atoms with Gasteiger partial charge in [-0.3, -0.25) is 0 Å². The minimum absolute atomic E-state index is 0.406. The molecule has 0 aliphatic carbocycles. The van der Waals surface area contributed by atoms with Crippen LogP contribution in [0.25, 0.3) is 44.7 Å². The molecule has 1 aromatic heterocycles. The Kier molecular flexibility index (Phi) is 8.35. The summed E-state index contributed by atoms with van der Waals surface area (Å²) in [6, 6.07) is 60.9. The molecule has 0 bridgehead atoms. The number of aliphatic imine (C=N–C) groups is 2. The molecule has 1 atom stereocenters. The molecule has 0 saturated carbocycles. The number of rotatable bonds is 6. The van der Waals surface area contributed by atoms with Gasteiger partial charge in [0.15, 0.2) is 11.7 Å². The third-order valence-corrected chi connectivity index (χ3v) is 12.2. The Bertz CT molecular complexity index is 2750. The Labute approximate surface area is 322 Å². The second-order valence-electron chi connectivity index (χ2n) is 13.1. The Balaban J connectivity index is 1.18. The van der Waals surface area contributed by atoms with Crippen LogP contribution in [0.15, 0.2) is 205 Å². The summed E-state index contributed by atoms with van der Waals surface area (Å²) in [5, 5.41) is 4.68. The lowest BCUT2D eigenvalue weighted by molar-refractivity contribution is 0.674. The number of nitrogens with zero attached hydrogens (tertiary/aromatic N) is 4. The molecule has 0 amide bonds. The molecule has 7 aromatic carbocycles. The van der Waals surface area contributed by atoms with Crippen LogP contribution in [0, 0.1) is 0 Å². The van der Waals surface area contributed by atoms with Crippen molar-refractivity contribution in [2.45, 2.75) is 25.7 Å². The van der Waals surface area contributed by atoms with E-state index in [9.17, 15) is 0 Å². The molecule has 8 aromatic rings. The zero-order valence-electron chi connectivity index (χ0n) is 28.9. The molecule has 1 unspecified atom stereocenters. The Hall–Kier alpha value is -6.28. The van der Waals surface area contributed by atoms with E-state index in [1.54, 1.807) is 0 Å². The molecule has 0 fully saturated rings. The molecule has 5 nitrogen and oxygen atoms in total. The van der Waals surface area contributed by atoms with Crippen molar-refractivity contribution >= 4 is 46.1 Å². The van der Waals surface area contributed by atoms with Crippen LogP contribution >= 0.6 is 23.5 Å². The number of nitrogens with one attached hydrogen (secondary N) is 1. The third kappa shape index (κ3) is 6.07. The van der Waals surface area contributed by atoms with Crippen molar-refractivity contribution in [2.75, 3.05) is 0 Å². The highest BCUT2D eigenvalue weighted by Crippen LogP contribution is 2.52. The maximum absolute atomic E-state index is 5.38. The minimum Gasteiger partial charge on any atom is -0.344 e. The van der Waals surface area contributed by atoms with E-state index in [0.29, 0.717) is 11.7 Å². The summed E-state index contributed by atoms with van der Waals surface area (Å²) >= 11 is 3.65. The molecule has 0 spiro atoms. The molecule has 54 heavy (non-hydrogen) atoms. The average molecular weight is 730 g/mol. The topological polar surface area (TPSA) is 62.5 Å². The number of amidine groups is 2. The first-order chi connectivity index (χ1) is 26.7. The van der Waals surface area contributed by atoms with Crippen LogP contribution in [0.5, 0.6) is 0 Å². The van der Waals surface area contributed by atoms with Crippen molar-refractivity contribution in [3.8, 4) is 33.8 Å². The van der Waals surface area contributed by atoms with Crippen molar-refractivity contribution in [3.63, 3.8) is 0 Å². The molecular formula is C47H31N5S2. The number of aromatic nitrogens is 2. The lowest BCUT2D eigenvalue weighted by Gasteiger charge is -2.25. The summed E-state index contributed by atoms with van der Waals surface area (Å²) in [6.07, 6.45) is -0.406. The zero-order chi connectivity index (χ0) is 35.8. The Morgan fingerprint density at radius 1 is 0.481 bits per heavy atom. The number of hydrogen-bond donors (Lipinski definition) is 1. The normalized spacial score (nSPS) is 14.7. The number of fused-ring (bicyclic) bond motifs is 3. The van der Waals surface area contributed by atoms with Crippen LogP contribution < -0.4 is 5.32 Å². The summed E-state index contributed by atoms with van der Waals surface area (Å²) in [4.78, 5) is 25.9. The minimum atomic E-state index is -0.406. The first-order valence-electron chi connectivity index (χ1n) is 17.8. The quantitative estimate of drug-likeness (QED) is 0.185. The zero-order valence-corrected chi connectivity index (χ0v) is 30.6. The lowest BCUT2D eigenvalue weighted by Crippen LogP contribution is -2.33. The van der Waals surface area contributed by atoms with Gasteiger partial charge in [0, 0.05) is 47.2 Å². The summed E-state index contributed by atoms with van der Waals surface area (Å²) in [6.45, 7) is 0. The van der Waals surface area contributed by atoms with Gasteiger partial charge in [0.2, 0.25) is 0 Å². The molecule has 7 heteroatoms. The second-order valence-corrected chi connectivity index (χ2v) is 15.2. The van der Waals surface area contributed by atoms with Crippen LogP contribution in [0.1, 0.15) is 22.9 Å². The van der Waals surface area contributed by atoms with E-state index in [2.05, 4.69) is 133 Å². The highest BCUT2D eigenvalue weighted by Gasteiger charge is 2.26. The molecular weight excluding hydrogens is 699 g/mol. The number of benzene rings is 7. The van der Waals surface area contributed by atoms with Crippen LogP contribution in [0.2, 0.25) is 0 Å². The Morgan fingerprint density at radius 3 is 1.91 bits per heavy atom. The predicted molar refractivity (Wildman–Crippen MR) is 222 cm³/mol. The third-order valence-electron chi connectivity index (χ3n) is 9.62. The second kappa shape index (κ2) is 13.9. The fourth-order valence-corrected chi connectivity index (χ4v) is 9.40. The van der Waals surface area contributed by atoms with E-state index in [0.717, 1.165) is 61.4 Å². The van der Waals surface area contributed by atoms with Gasteiger partial charge in [-0.25, -0.2) is 20.0 Å². The molecule has 2 aliphatic heterocycles. The SMILES string of the molecule is c1ccc(C2=NC(c3ccc(-c4cccc5c4Sc4ccccc4S5)c(-c4nc(-c5ccccc5)c5ccccc5n4)c3)NC(c3ccccc3)=N2)cc1. The maximum Gasteiger partial charge on any atom is 0.161 e. The van der Waals surface area contributed by atoms with Crippen LogP contribution in [0.3, 0.4) is 0 Å². The summed E-state index contributed by atoms with van der Waals surface area (Å²) < 4.78 is 0. The van der Waals surface area contributed by atoms with E-state index in [1.807, 2.05) is 72.1 Å². The summed E-state index contributed by atoms with van der Waals surface area (Å²) in [5.41, 5.74) is 8.95. The predicted octanol–water partition coefficient (Wildman–Crippen LogP) is 11.7. The lowest BCUT2D eigenvalue weighted by atomic mass is 9.95. The van der Waals surface area contributed by atoms with Gasteiger partial charge in [0.25, 0.3) is 0 Å². The number of hydrogen-bond acceptors (Lipinski definition) is 7. The molecule has 3 heterocycles. The average Bonchev–Trinajstić information content (AvgIpc) is 3.25. The first kappa shape index (κ1) is 32.4. The highest BCUT2D eigenvalue weighted by atomic mass is 32.2. The van der Waals surface area contributed by atoms with Crippen molar-refractivity contribution in [3.05, 3.63) is 193 Å². The van der Waals surface area contributed by atoms with Crippen LogP contribution in [-0.2, 0) is 0 Å². The van der Waals surface area contributed by atoms with Gasteiger partial charge in [0.1, 0.15) is 12.0 Å². The molecule has 10 rings (SSSR count). The van der Waals surface area contributed by atoms with Crippen molar-refractivity contribution in [1.82, 2.24) is 15.3 Å². The fourth-order valence-electron chi connectivity index (χ4n) is 7.00. The fraction of sp³-hybridized carbons (Fsp3) is 0.0213. The van der Waals surface area contributed by atoms with E-state index in [-0.39, 0.29) is 0 Å².